The minimum atomic E-state index is 0.132. The number of rotatable bonds is 4. The van der Waals surface area contributed by atoms with Gasteiger partial charge < -0.3 is 10.6 Å². The van der Waals surface area contributed by atoms with E-state index in [2.05, 4.69) is 92.2 Å². The Morgan fingerprint density at radius 3 is 2.07 bits per heavy atom. The molecule has 1 fully saturated rings. The smallest absolute Gasteiger partial charge is 0.183 e. The molecule has 0 radical (unpaired) electrons. The van der Waals surface area contributed by atoms with Crippen molar-refractivity contribution in [1.82, 2.24) is 10.3 Å². The molecule has 0 amide bonds. The second-order valence-electron chi connectivity index (χ2n) is 9.12. The Labute approximate surface area is 172 Å². The van der Waals surface area contributed by atoms with Crippen LogP contribution < -0.4 is 10.6 Å². The monoisotopic (exact) mass is 391 g/mol. The number of anilines is 1. The molecule has 0 aliphatic carbocycles. The van der Waals surface area contributed by atoms with Crippen molar-refractivity contribution in [3.05, 3.63) is 60.0 Å². The van der Waals surface area contributed by atoms with Gasteiger partial charge in [-0.15, -0.1) is 11.3 Å². The Bertz CT molecular complexity index is 910. The van der Waals surface area contributed by atoms with E-state index in [1.807, 2.05) is 6.07 Å². The topological polar surface area (TPSA) is 37.0 Å². The predicted molar refractivity (Wildman–Crippen MR) is 121 cm³/mol. The van der Waals surface area contributed by atoms with E-state index in [1.165, 1.54) is 11.1 Å². The quantitative estimate of drug-likeness (QED) is 0.556. The van der Waals surface area contributed by atoms with Crippen LogP contribution in [-0.2, 0) is 0 Å². The molecular weight excluding hydrogens is 362 g/mol. The standard InChI is InChI=1S/C24H29N3S/c1-23(2)14-20(15-24(3,4)27-23)25-22-26-21(16-28-22)19-12-10-18(11-13-19)17-8-6-5-7-9-17/h5-13,16,20,27H,14-15H2,1-4H3,(H,25,26). The van der Waals surface area contributed by atoms with Gasteiger partial charge in [-0.25, -0.2) is 4.98 Å². The van der Waals surface area contributed by atoms with Gasteiger partial charge in [0, 0.05) is 28.1 Å². The van der Waals surface area contributed by atoms with Crippen molar-refractivity contribution >= 4 is 16.5 Å². The lowest BCUT2D eigenvalue weighted by Gasteiger charge is -2.46. The van der Waals surface area contributed by atoms with E-state index in [-0.39, 0.29) is 11.1 Å². The Kier molecular flexibility index (Phi) is 5.02. The van der Waals surface area contributed by atoms with Crippen molar-refractivity contribution in [1.29, 1.82) is 0 Å². The lowest BCUT2D eigenvalue weighted by molar-refractivity contribution is 0.170. The molecule has 1 aliphatic rings. The van der Waals surface area contributed by atoms with Crippen LogP contribution in [0.5, 0.6) is 0 Å². The highest BCUT2D eigenvalue weighted by atomic mass is 32.1. The summed E-state index contributed by atoms with van der Waals surface area (Å²) in [5.74, 6) is 0. The molecule has 0 atom stereocenters. The van der Waals surface area contributed by atoms with Crippen LogP contribution in [-0.4, -0.2) is 22.1 Å². The van der Waals surface area contributed by atoms with Crippen LogP contribution in [0, 0.1) is 0 Å². The third kappa shape index (κ3) is 4.45. The zero-order valence-electron chi connectivity index (χ0n) is 17.1. The molecule has 2 aromatic carbocycles. The summed E-state index contributed by atoms with van der Waals surface area (Å²) in [6, 6.07) is 19.6. The van der Waals surface area contributed by atoms with Crippen LogP contribution in [0.1, 0.15) is 40.5 Å². The first kappa shape index (κ1) is 19.2. The predicted octanol–water partition coefficient (Wildman–Crippen LogP) is 6.20. The van der Waals surface area contributed by atoms with E-state index in [4.69, 9.17) is 4.98 Å². The van der Waals surface area contributed by atoms with Gasteiger partial charge >= 0.3 is 0 Å². The van der Waals surface area contributed by atoms with Crippen LogP contribution in [0.25, 0.3) is 22.4 Å². The summed E-state index contributed by atoms with van der Waals surface area (Å²) < 4.78 is 0. The van der Waals surface area contributed by atoms with Gasteiger partial charge in [0.05, 0.1) is 5.69 Å². The number of aromatic nitrogens is 1. The number of hydrogen-bond acceptors (Lipinski definition) is 4. The van der Waals surface area contributed by atoms with Crippen LogP contribution in [0.15, 0.2) is 60.0 Å². The van der Waals surface area contributed by atoms with Crippen LogP contribution >= 0.6 is 11.3 Å². The van der Waals surface area contributed by atoms with Gasteiger partial charge in [0.2, 0.25) is 0 Å². The van der Waals surface area contributed by atoms with Crippen molar-refractivity contribution < 1.29 is 0 Å². The molecule has 3 nitrogen and oxygen atoms in total. The molecule has 2 heterocycles. The fourth-order valence-corrected chi connectivity index (χ4v) is 5.33. The van der Waals surface area contributed by atoms with Gasteiger partial charge in [0.25, 0.3) is 0 Å². The number of hydrogen-bond donors (Lipinski definition) is 2. The van der Waals surface area contributed by atoms with Crippen molar-refractivity contribution in [2.75, 3.05) is 5.32 Å². The Morgan fingerprint density at radius 2 is 1.43 bits per heavy atom. The zero-order valence-corrected chi connectivity index (χ0v) is 17.9. The first-order valence-electron chi connectivity index (χ1n) is 9.97. The van der Waals surface area contributed by atoms with E-state index < -0.39 is 0 Å². The summed E-state index contributed by atoms with van der Waals surface area (Å²) in [5.41, 5.74) is 4.94. The van der Waals surface area contributed by atoms with E-state index in [0.717, 1.165) is 29.2 Å². The average molecular weight is 392 g/mol. The minimum Gasteiger partial charge on any atom is -0.359 e. The Balaban J connectivity index is 1.47. The molecule has 1 saturated heterocycles. The van der Waals surface area contributed by atoms with E-state index in [1.54, 1.807) is 11.3 Å². The van der Waals surface area contributed by atoms with Crippen molar-refractivity contribution in [2.45, 2.75) is 57.7 Å². The third-order valence-electron chi connectivity index (χ3n) is 5.31. The highest BCUT2D eigenvalue weighted by Gasteiger charge is 2.37. The fourth-order valence-electron chi connectivity index (χ4n) is 4.54. The van der Waals surface area contributed by atoms with Gasteiger partial charge in [0.15, 0.2) is 5.13 Å². The maximum Gasteiger partial charge on any atom is 0.183 e. The molecule has 0 bridgehead atoms. The first-order valence-corrected chi connectivity index (χ1v) is 10.8. The van der Waals surface area contributed by atoms with Crippen molar-refractivity contribution in [3.8, 4) is 22.4 Å². The van der Waals surface area contributed by atoms with Gasteiger partial charge in [-0.2, -0.15) is 0 Å². The Hall–Kier alpha value is -2.17. The van der Waals surface area contributed by atoms with Crippen LogP contribution in [0.2, 0.25) is 0 Å². The summed E-state index contributed by atoms with van der Waals surface area (Å²) in [6.07, 6.45) is 2.19. The molecule has 1 aliphatic heterocycles. The SMILES string of the molecule is CC1(C)CC(Nc2nc(-c3ccc(-c4ccccc4)cc3)cs2)CC(C)(C)N1. The second-order valence-corrected chi connectivity index (χ2v) is 9.98. The van der Waals surface area contributed by atoms with Crippen molar-refractivity contribution in [2.24, 2.45) is 0 Å². The normalized spacial score (nSPS) is 18.7. The van der Waals surface area contributed by atoms with Gasteiger partial charge in [-0.05, 0) is 51.7 Å². The maximum absolute atomic E-state index is 4.86. The molecule has 4 heteroatoms. The number of benzene rings is 2. The van der Waals surface area contributed by atoms with Crippen molar-refractivity contribution in [3.63, 3.8) is 0 Å². The zero-order chi connectivity index (χ0) is 19.8. The minimum absolute atomic E-state index is 0.132. The average Bonchev–Trinajstić information content (AvgIpc) is 3.08. The molecule has 2 N–H and O–H groups in total. The number of nitrogens with zero attached hydrogens (tertiary/aromatic N) is 1. The third-order valence-corrected chi connectivity index (χ3v) is 6.08. The molecule has 146 valence electrons. The lowest BCUT2D eigenvalue weighted by Crippen LogP contribution is -2.60. The number of thiazole rings is 1. The molecule has 1 aromatic heterocycles. The molecule has 0 saturated carbocycles. The summed E-state index contributed by atoms with van der Waals surface area (Å²) in [5, 5.41) is 10.6. The summed E-state index contributed by atoms with van der Waals surface area (Å²) in [4.78, 5) is 4.86. The van der Waals surface area contributed by atoms with E-state index in [0.29, 0.717) is 6.04 Å². The number of piperidine rings is 1. The molecule has 0 unspecified atom stereocenters. The maximum atomic E-state index is 4.86. The Morgan fingerprint density at radius 1 is 0.857 bits per heavy atom. The van der Waals surface area contributed by atoms with Crippen LogP contribution in [0.3, 0.4) is 0 Å². The molecule has 3 aromatic rings. The summed E-state index contributed by atoms with van der Waals surface area (Å²) in [6.45, 7) is 9.13. The van der Waals surface area contributed by atoms with E-state index >= 15 is 0 Å². The van der Waals surface area contributed by atoms with Gasteiger partial charge in [0.1, 0.15) is 0 Å². The largest absolute Gasteiger partial charge is 0.359 e. The van der Waals surface area contributed by atoms with Crippen LogP contribution in [0.4, 0.5) is 5.13 Å². The molecule has 4 rings (SSSR count). The number of nitrogens with one attached hydrogen (secondary N) is 2. The van der Waals surface area contributed by atoms with E-state index in [9.17, 15) is 0 Å². The summed E-state index contributed by atoms with van der Waals surface area (Å²) in [7, 11) is 0. The van der Waals surface area contributed by atoms with Gasteiger partial charge in [-0.3, -0.25) is 0 Å². The van der Waals surface area contributed by atoms with Gasteiger partial charge in [-0.1, -0.05) is 54.6 Å². The highest BCUT2D eigenvalue weighted by molar-refractivity contribution is 7.14. The molecule has 28 heavy (non-hydrogen) atoms. The summed E-state index contributed by atoms with van der Waals surface area (Å²) >= 11 is 1.70. The second kappa shape index (κ2) is 7.34. The first-order chi connectivity index (χ1) is 13.3. The lowest BCUT2D eigenvalue weighted by atomic mass is 9.80. The molecule has 0 spiro atoms. The molecular formula is C24H29N3S. The highest BCUT2D eigenvalue weighted by Crippen LogP contribution is 2.33. The fraction of sp³-hybridized carbons (Fsp3) is 0.375.